The maximum absolute atomic E-state index is 11.9. The fraction of sp³-hybridized carbons (Fsp3) is 0.333. The van der Waals surface area contributed by atoms with Crippen molar-refractivity contribution in [1.29, 1.82) is 0 Å². The summed E-state index contributed by atoms with van der Waals surface area (Å²) in [5.74, 6) is -1.50. The lowest BCUT2D eigenvalue weighted by Crippen LogP contribution is -2.33. The molecule has 0 fully saturated rings. The number of amides is 1. The van der Waals surface area contributed by atoms with Crippen molar-refractivity contribution in [2.45, 2.75) is 6.92 Å². The summed E-state index contributed by atoms with van der Waals surface area (Å²) in [6.07, 6.45) is 0. The minimum atomic E-state index is -0.573. The Kier molecular flexibility index (Phi) is 4.53. The molecule has 0 heterocycles. The minimum Gasteiger partial charge on any atom is -0.508 e. The Morgan fingerprint density at radius 2 is 2.00 bits per heavy atom. The van der Waals surface area contributed by atoms with Gasteiger partial charge in [-0.15, -0.1) is 0 Å². The van der Waals surface area contributed by atoms with Gasteiger partial charge in [0.05, 0.1) is 12.2 Å². The van der Waals surface area contributed by atoms with Crippen molar-refractivity contribution in [3.63, 3.8) is 0 Å². The molecule has 1 aromatic rings. The van der Waals surface area contributed by atoms with E-state index < -0.39 is 11.9 Å². The first-order valence-corrected chi connectivity index (χ1v) is 5.38. The highest BCUT2D eigenvalue weighted by Crippen LogP contribution is 2.23. The second-order valence-electron chi connectivity index (χ2n) is 3.67. The predicted molar refractivity (Wildman–Crippen MR) is 63.4 cm³/mol. The first kappa shape index (κ1) is 13.8. The van der Waals surface area contributed by atoms with E-state index in [0.29, 0.717) is 0 Å². The van der Waals surface area contributed by atoms with E-state index in [9.17, 15) is 19.8 Å². The predicted octanol–water partition coefficient (Wildman–Crippen LogP) is 0.733. The van der Waals surface area contributed by atoms with E-state index in [1.807, 2.05) is 0 Å². The normalized spacial score (nSPS) is 9.89. The van der Waals surface area contributed by atoms with Gasteiger partial charge in [0.25, 0.3) is 5.91 Å². The zero-order valence-electron chi connectivity index (χ0n) is 10.2. The lowest BCUT2D eigenvalue weighted by Gasteiger charge is -2.16. The fourth-order valence-corrected chi connectivity index (χ4v) is 1.37. The largest absolute Gasteiger partial charge is 0.508 e. The summed E-state index contributed by atoms with van der Waals surface area (Å²) in [4.78, 5) is 24.2. The van der Waals surface area contributed by atoms with Crippen molar-refractivity contribution in [3.8, 4) is 11.5 Å². The lowest BCUT2D eigenvalue weighted by atomic mass is 10.1. The van der Waals surface area contributed by atoms with Crippen molar-refractivity contribution in [2.24, 2.45) is 0 Å². The maximum Gasteiger partial charge on any atom is 0.325 e. The number of likely N-dealkylation sites (N-methyl/N-ethyl adjacent to an activating group) is 1. The molecule has 1 aromatic carbocycles. The van der Waals surface area contributed by atoms with Gasteiger partial charge in [0, 0.05) is 7.05 Å². The molecule has 0 saturated heterocycles. The average Bonchev–Trinajstić information content (AvgIpc) is 2.31. The van der Waals surface area contributed by atoms with E-state index in [4.69, 9.17) is 4.74 Å². The second kappa shape index (κ2) is 5.90. The smallest absolute Gasteiger partial charge is 0.325 e. The highest BCUT2D eigenvalue weighted by molar-refractivity contribution is 5.98. The van der Waals surface area contributed by atoms with Crippen LogP contribution in [0.25, 0.3) is 0 Å². The van der Waals surface area contributed by atoms with Crippen molar-refractivity contribution in [3.05, 3.63) is 23.8 Å². The average molecular weight is 253 g/mol. The summed E-state index contributed by atoms with van der Waals surface area (Å²) in [7, 11) is 1.41. The standard InChI is InChI=1S/C12H15NO5/c1-3-18-11(16)7-13(2)12(17)9-6-8(14)4-5-10(9)15/h4-6,14-15H,3,7H2,1-2H3. The molecule has 6 heteroatoms. The Morgan fingerprint density at radius 1 is 1.33 bits per heavy atom. The number of hydrogen-bond acceptors (Lipinski definition) is 5. The number of carbonyl (C=O) groups excluding carboxylic acids is 2. The van der Waals surface area contributed by atoms with E-state index in [0.717, 1.165) is 11.0 Å². The summed E-state index contributed by atoms with van der Waals surface area (Å²) in [5.41, 5.74) is -0.0678. The number of esters is 1. The van der Waals surface area contributed by atoms with Crippen LogP contribution in [0.15, 0.2) is 18.2 Å². The molecule has 18 heavy (non-hydrogen) atoms. The van der Waals surface area contributed by atoms with Crippen LogP contribution in [0.3, 0.4) is 0 Å². The zero-order valence-corrected chi connectivity index (χ0v) is 10.2. The topological polar surface area (TPSA) is 87.1 Å². The Balaban J connectivity index is 2.80. The molecule has 0 aromatic heterocycles. The van der Waals surface area contributed by atoms with Gasteiger partial charge in [-0.2, -0.15) is 0 Å². The number of rotatable bonds is 4. The van der Waals surface area contributed by atoms with Crippen LogP contribution in [0.2, 0.25) is 0 Å². The van der Waals surface area contributed by atoms with Gasteiger partial charge in [0.15, 0.2) is 0 Å². The third-order valence-corrected chi connectivity index (χ3v) is 2.23. The van der Waals surface area contributed by atoms with Gasteiger partial charge in [0.2, 0.25) is 0 Å². The van der Waals surface area contributed by atoms with E-state index in [1.165, 1.54) is 19.2 Å². The van der Waals surface area contributed by atoms with Crippen LogP contribution in [0.1, 0.15) is 17.3 Å². The first-order chi connectivity index (χ1) is 8.45. The van der Waals surface area contributed by atoms with Crippen molar-refractivity contribution < 1.29 is 24.5 Å². The molecule has 0 aliphatic heterocycles. The second-order valence-corrected chi connectivity index (χ2v) is 3.67. The molecule has 1 amide bonds. The Morgan fingerprint density at radius 3 is 2.61 bits per heavy atom. The van der Waals surface area contributed by atoms with Crippen LogP contribution < -0.4 is 0 Å². The van der Waals surface area contributed by atoms with Gasteiger partial charge >= 0.3 is 5.97 Å². The molecule has 0 radical (unpaired) electrons. The van der Waals surface area contributed by atoms with Gasteiger partial charge in [-0.1, -0.05) is 0 Å². The van der Waals surface area contributed by atoms with E-state index in [2.05, 4.69) is 0 Å². The van der Waals surface area contributed by atoms with Gasteiger partial charge in [0.1, 0.15) is 18.0 Å². The van der Waals surface area contributed by atoms with Crippen LogP contribution in [-0.4, -0.2) is 47.2 Å². The summed E-state index contributed by atoms with van der Waals surface area (Å²) in [6, 6.07) is 3.61. The molecule has 0 aliphatic rings. The monoisotopic (exact) mass is 253 g/mol. The number of nitrogens with zero attached hydrogens (tertiary/aromatic N) is 1. The molecule has 0 bridgehead atoms. The molecule has 0 saturated carbocycles. The number of phenols is 2. The van der Waals surface area contributed by atoms with E-state index in [1.54, 1.807) is 6.92 Å². The van der Waals surface area contributed by atoms with Crippen LogP contribution in [-0.2, 0) is 9.53 Å². The number of ether oxygens (including phenoxy) is 1. The maximum atomic E-state index is 11.9. The fourth-order valence-electron chi connectivity index (χ4n) is 1.37. The van der Waals surface area contributed by atoms with Gasteiger partial charge in [-0.3, -0.25) is 9.59 Å². The van der Waals surface area contributed by atoms with Crippen molar-refractivity contribution in [1.82, 2.24) is 4.90 Å². The quantitative estimate of drug-likeness (QED) is 0.610. The molecule has 0 aliphatic carbocycles. The lowest BCUT2D eigenvalue weighted by molar-refractivity contribution is -0.143. The van der Waals surface area contributed by atoms with Gasteiger partial charge in [-0.05, 0) is 25.1 Å². The number of benzene rings is 1. The first-order valence-electron chi connectivity index (χ1n) is 5.38. The van der Waals surface area contributed by atoms with Gasteiger partial charge < -0.3 is 19.8 Å². The number of carbonyl (C=O) groups is 2. The Hall–Kier alpha value is -2.24. The summed E-state index contributed by atoms with van der Waals surface area (Å²) < 4.78 is 4.71. The molecule has 0 spiro atoms. The zero-order chi connectivity index (χ0) is 13.7. The van der Waals surface area contributed by atoms with Crippen LogP contribution in [0.5, 0.6) is 11.5 Å². The molecule has 0 unspecified atom stereocenters. The third kappa shape index (κ3) is 3.38. The highest BCUT2D eigenvalue weighted by atomic mass is 16.5. The third-order valence-electron chi connectivity index (χ3n) is 2.23. The Bertz CT molecular complexity index is 458. The number of aromatic hydroxyl groups is 2. The molecule has 0 atom stereocenters. The van der Waals surface area contributed by atoms with E-state index in [-0.39, 0.29) is 30.2 Å². The van der Waals surface area contributed by atoms with Crippen molar-refractivity contribution in [2.75, 3.05) is 20.2 Å². The molecule has 1 rings (SSSR count). The molecule has 98 valence electrons. The molecular weight excluding hydrogens is 238 g/mol. The van der Waals surface area contributed by atoms with Crippen LogP contribution >= 0.6 is 0 Å². The Labute approximate surface area is 104 Å². The number of hydrogen-bond donors (Lipinski definition) is 2. The van der Waals surface area contributed by atoms with E-state index >= 15 is 0 Å². The number of phenolic OH excluding ortho intramolecular Hbond substituents is 2. The summed E-state index contributed by atoms with van der Waals surface area (Å²) in [5, 5.41) is 18.8. The van der Waals surface area contributed by atoms with Crippen molar-refractivity contribution >= 4 is 11.9 Å². The highest BCUT2D eigenvalue weighted by Gasteiger charge is 2.19. The van der Waals surface area contributed by atoms with Crippen LogP contribution in [0.4, 0.5) is 0 Å². The minimum absolute atomic E-state index is 0.0678. The summed E-state index contributed by atoms with van der Waals surface area (Å²) in [6.45, 7) is 1.68. The molecular formula is C12H15NO5. The molecule has 6 nitrogen and oxygen atoms in total. The van der Waals surface area contributed by atoms with Crippen LogP contribution in [0, 0.1) is 0 Å². The SMILES string of the molecule is CCOC(=O)CN(C)C(=O)c1cc(O)ccc1O. The van der Waals surface area contributed by atoms with Gasteiger partial charge in [-0.25, -0.2) is 0 Å². The molecule has 2 N–H and O–H groups in total. The summed E-state index contributed by atoms with van der Waals surface area (Å²) >= 11 is 0.